The monoisotopic (exact) mass is 360 g/mol. The van der Waals surface area contributed by atoms with Crippen molar-refractivity contribution in [3.05, 3.63) is 0 Å². The van der Waals surface area contributed by atoms with E-state index in [1.165, 1.54) is 23.6 Å². The summed E-state index contributed by atoms with van der Waals surface area (Å²) in [5.74, 6) is -1.92. The molecule has 0 aromatic carbocycles. The van der Waals surface area contributed by atoms with Crippen molar-refractivity contribution in [2.75, 3.05) is 18.1 Å². The molecule has 0 saturated carbocycles. The highest BCUT2D eigenvalue weighted by atomic mass is 32.2. The van der Waals surface area contributed by atoms with Gasteiger partial charge in [0.05, 0.1) is 6.04 Å². The molecule has 0 aromatic rings. The Balaban J connectivity index is 2.96. The highest BCUT2D eigenvalue weighted by Crippen LogP contribution is 2.34. The van der Waals surface area contributed by atoms with Gasteiger partial charge in [0.2, 0.25) is 0 Å². The topological polar surface area (TPSA) is 121 Å². The molecule has 1 saturated heterocycles. The van der Waals surface area contributed by atoms with Gasteiger partial charge >= 0.3 is 11.9 Å². The van der Waals surface area contributed by atoms with E-state index in [1.807, 2.05) is 0 Å². The average Bonchev–Trinajstić information content (AvgIpc) is 2.95. The zero-order valence-electron chi connectivity index (χ0n) is 14.4. The number of hydrogen-bond acceptors (Lipinski definition) is 6. The van der Waals surface area contributed by atoms with E-state index in [0.29, 0.717) is 6.42 Å². The molecular formula is C16H28N2O5S. The molecule has 0 aliphatic carbocycles. The number of carboxylic acid groups (broad SMARTS) is 2. The van der Waals surface area contributed by atoms with Crippen LogP contribution in [0.25, 0.3) is 0 Å². The summed E-state index contributed by atoms with van der Waals surface area (Å²) >= 11 is 1.49. The summed E-state index contributed by atoms with van der Waals surface area (Å²) < 4.78 is 0. The van der Waals surface area contributed by atoms with Crippen molar-refractivity contribution in [1.82, 2.24) is 4.90 Å². The van der Waals surface area contributed by atoms with Crippen molar-refractivity contribution in [2.45, 2.75) is 63.6 Å². The van der Waals surface area contributed by atoms with Crippen LogP contribution < -0.4 is 5.73 Å². The molecule has 1 fully saturated rings. The normalized spacial score (nSPS) is 23.8. The second kappa shape index (κ2) is 9.39. The first kappa shape index (κ1) is 20.9. The van der Waals surface area contributed by atoms with E-state index < -0.39 is 35.3 Å². The Morgan fingerprint density at radius 3 is 2.46 bits per heavy atom. The fourth-order valence-corrected chi connectivity index (χ4v) is 4.30. The molecule has 4 N–H and O–H groups in total. The van der Waals surface area contributed by atoms with Gasteiger partial charge < -0.3 is 15.9 Å². The van der Waals surface area contributed by atoms with E-state index in [9.17, 15) is 24.6 Å². The van der Waals surface area contributed by atoms with Gasteiger partial charge in [-0.3, -0.25) is 14.5 Å². The lowest BCUT2D eigenvalue weighted by molar-refractivity contribution is -0.160. The maximum atomic E-state index is 12.5. The number of aliphatic carboxylic acids is 2. The Morgan fingerprint density at radius 1 is 1.29 bits per heavy atom. The highest BCUT2D eigenvalue weighted by Gasteiger charge is 2.57. The summed E-state index contributed by atoms with van der Waals surface area (Å²) in [6.07, 6.45) is 3.73. The van der Waals surface area contributed by atoms with Crippen molar-refractivity contribution in [3.8, 4) is 0 Å². The van der Waals surface area contributed by atoms with Gasteiger partial charge in [-0.15, -0.1) is 0 Å². The molecule has 7 nitrogen and oxygen atoms in total. The number of nitrogens with zero attached hydrogens (tertiary/aromatic N) is 1. The van der Waals surface area contributed by atoms with Crippen LogP contribution in [0.1, 0.15) is 46.0 Å². The summed E-state index contributed by atoms with van der Waals surface area (Å²) in [5.41, 5.74) is 3.82. The van der Waals surface area contributed by atoms with Crippen molar-refractivity contribution in [3.63, 3.8) is 0 Å². The molecule has 0 bridgehead atoms. The number of ketones is 1. The third-order valence-electron chi connectivity index (χ3n) is 4.43. The zero-order valence-corrected chi connectivity index (χ0v) is 15.2. The first-order valence-corrected chi connectivity index (χ1v) is 9.55. The van der Waals surface area contributed by atoms with Gasteiger partial charge in [0, 0.05) is 12.3 Å². The zero-order chi connectivity index (χ0) is 18.3. The van der Waals surface area contributed by atoms with Crippen LogP contribution in [0.5, 0.6) is 0 Å². The molecule has 1 heterocycles. The molecule has 24 heavy (non-hydrogen) atoms. The Bertz CT molecular complexity index is 471. The molecule has 1 rings (SSSR count). The summed E-state index contributed by atoms with van der Waals surface area (Å²) in [6.45, 7) is 3.81. The Morgan fingerprint density at radius 2 is 1.96 bits per heavy atom. The molecule has 0 radical (unpaired) electrons. The molecule has 138 valence electrons. The van der Waals surface area contributed by atoms with Gasteiger partial charge in [0.15, 0.2) is 11.3 Å². The van der Waals surface area contributed by atoms with Crippen molar-refractivity contribution >= 4 is 29.5 Å². The number of Topliss-reactive ketones (excluding diaryl/α,β-unsaturated/α-hetero) is 1. The largest absolute Gasteiger partial charge is 0.480 e. The first-order valence-electron chi connectivity index (χ1n) is 8.39. The second-order valence-electron chi connectivity index (χ2n) is 6.25. The lowest BCUT2D eigenvalue weighted by Gasteiger charge is -2.37. The number of unbranched alkanes of at least 4 members (excludes halogenated alkanes) is 2. The number of nitrogens with two attached hydrogens (primary N) is 1. The fraction of sp³-hybridized carbons (Fsp3) is 0.812. The molecule has 1 aliphatic heterocycles. The van der Waals surface area contributed by atoms with Crippen LogP contribution in [0.3, 0.4) is 0 Å². The van der Waals surface area contributed by atoms with Crippen LogP contribution in [-0.4, -0.2) is 68.5 Å². The lowest BCUT2D eigenvalue weighted by atomic mass is 9.86. The molecule has 2 unspecified atom stereocenters. The minimum atomic E-state index is -1.82. The number of thioether (sulfide) groups is 1. The Labute approximate surface area is 147 Å². The molecular weight excluding hydrogens is 332 g/mol. The van der Waals surface area contributed by atoms with Gasteiger partial charge in [-0.05, 0) is 31.9 Å². The average molecular weight is 360 g/mol. The lowest BCUT2D eigenvalue weighted by Crippen LogP contribution is -2.64. The van der Waals surface area contributed by atoms with Crippen LogP contribution in [0.4, 0.5) is 0 Å². The van der Waals surface area contributed by atoms with Gasteiger partial charge in [0.25, 0.3) is 0 Å². The maximum absolute atomic E-state index is 12.5. The second-order valence-corrected chi connectivity index (χ2v) is 7.40. The van der Waals surface area contributed by atoms with Gasteiger partial charge in [-0.25, -0.2) is 4.79 Å². The van der Waals surface area contributed by atoms with Crippen molar-refractivity contribution in [1.29, 1.82) is 0 Å². The van der Waals surface area contributed by atoms with E-state index >= 15 is 0 Å². The summed E-state index contributed by atoms with van der Waals surface area (Å²) in [6, 6.07) is -1.95. The fourth-order valence-electron chi connectivity index (χ4n) is 3.18. The minimum Gasteiger partial charge on any atom is -0.480 e. The summed E-state index contributed by atoms with van der Waals surface area (Å²) in [7, 11) is 0. The van der Waals surface area contributed by atoms with Gasteiger partial charge in [-0.2, -0.15) is 11.8 Å². The highest BCUT2D eigenvalue weighted by molar-refractivity contribution is 7.99. The van der Waals surface area contributed by atoms with Crippen LogP contribution in [0.15, 0.2) is 0 Å². The van der Waals surface area contributed by atoms with E-state index in [0.717, 1.165) is 25.0 Å². The van der Waals surface area contributed by atoms with Crippen molar-refractivity contribution < 1.29 is 24.6 Å². The maximum Gasteiger partial charge on any atom is 0.332 e. The van der Waals surface area contributed by atoms with Crippen LogP contribution in [0, 0.1) is 0 Å². The Hall–Kier alpha value is -1.12. The molecule has 0 spiro atoms. The quantitative estimate of drug-likeness (QED) is 0.371. The molecule has 8 heteroatoms. The van der Waals surface area contributed by atoms with E-state index in [-0.39, 0.29) is 18.7 Å². The number of likely N-dealkylation sites (tertiary alicyclic amines) is 1. The van der Waals surface area contributed by atoms with E-state index in [4.69, 9.17) is 5.73 Å². The number of carbonyl (C=O) groups is 3. The van der Waals surface area contributed by atoms with Crippen LogP contribution in [-0.2, 0) is 14.4 Å². The number of carboxylic acids is 2. The van der Waals surface area contributed by atoms with Gasteiger partial charge in [-0.1, -0.05) is 19.8 Å². The summed E-state index contributed by atoms with van der Waals surface area (Å²) in [5, 5.41) is 19.3. The molecule has 3 atom stereocenters. The SMILES string of the molecule is CCCCCSC[C@@H](C(=O)O)N1CCCC1(C(=O)O)C(=O)C(C)N. The van der Waals surface area contributed by atoms with Crippen LogP contribution >= 0.6 is 11.8 Å². The molecule has 0 amide bonds. The summed E-state index contributed by atoms with van der Waals surface area (Å²) in [4.78, 5) is 37.5. The predicted octanol–water partition coefficient (Wildman–Crippen LogP) is 1.20. The molecule has 0 aromatic heterocycles. The molecule has 1 aliphatic rings. The number of hydrogen-bond donors (Lipinski definition) is 3. The van der Waals surface area contributed by atoms with E-state index in [2.05, 4.69) is 6.92 Å². The first-order chi connectivity index (χ1) is 11.3. The van der Waals surface area contributed by atoms with Gasteiger partial charge in [0.1, 0.15) is 6.04 Å². The number of rotatable bonds is 11. The van der Waals surface area contributed by atoms with E-state index in [1.54, 1.807) is 0 Å². The third-order valence-corrected chi connectivity index (χ3v) is 5.56. The minimum absolute atomic E-state index is 0.104. The standard InChI is InChI=1S/C16H28N2O5S/c1-3-4-5-9-24-10-12(14(20)21)18-8-6-7-16(18,15(22)23)13(19)11(2)17/h11-12H,3-10,17H2,1-2H3,(H,20,21)(H,22,23)/t11?,12-,16?/m0/s1. The Kier molecular flexibility index (Phi) is 8.18. The third kappa shape index (κ3) is 4.49. The number of carbonyl (C=O) groups excluding carboxylic acids is 1. The van der Waals surface area contributed by atoms with Crippen LogP contribution in [0.2, 0.25) is 0 Å². The van der Waals surface area contributed by atoms with Crippen molar-refractivity contribution in [2.24, 2.45) is 5.73 Å². The smallest absolute Gasteiger partial charge is 0.332 e. The predicted molar refractivity (Wildman–Crippen MR) is 93.2 cm³/mol.